The predicted octanol–water partition coefficient (Wildman–Crippen LogP) is 4.65. The molecule has 0 heterocycles. The van der Waals surface area contributed by atoms with Gasteiger partial charge in [0.05, 0.1) is 8.95 Å². The molecule has 0 spiro atoms. The van der Waals surface area contributed by atoms with Crippen LogP contribution in [0.2, 0.25) is 0 Å². The van der Waals surface area contributed by atoms with Crippen molar-refractivity contribution < 1.29 is 5.11 Å². The second-order valence-electron chi connectivity index (χ2n) is 4.02. The van der Waals surface area contributed by atoms with Crippen molar-refractivity contribution >= 4 is 31.9 Å². The monoisotopic (exact) mass is 305 g/mol. The van der Waals surface area contributed by atoms with Crippen molar-refractivity contribution in [3.8, 4) is 5.75 Å². The van der Waals surface area contributed by atoms with Crippen LogP contribution in [-0.4, -0.2) is 0 Å². The van der Waals surface area contributed by atoms with Crippen LogP contribution in [0.5, 0.6) is 5.75 Å². The van der Waals surface area contributed by atoms with E-state index in [1.54, 1.807) is 0 Å². The summed E-state index contributed by atoms with van der Waals surface area (Å²) in [6, 6.07) is 3.76. The Morgan fingerprint density at radius 1 is 1.08 bits per heavy atom. The lowest BCUT2D eigenvalue weighted by Gasteiger charge is -2.19. The van der Waals surface area contributed by atoms with E-state index in [0.717, 1.165) is 5.56 Å². The number of hydrogen-bond donors (Lipinski definition) is 0. The Morgan fingerprint density at radius 2 is 1.46 bits per heavy atom. The maximum absolute atomic E-state index is 11.4. The van der Waals surface area contributed by atoms with Crippen molar-refractivity contribution in [3.63, 3.8) is 0 Å². The molecule has 0 bridgehead atoms. The molecule has 0 aliphatic carbocycles. The van der Waals surface area contributed by atoms with Gasteiger partial charge in [0.1, 0.15) is 0 Å². The molecule has 0 saturated carbocycles. The van der Waals surface area contributed by atoms with Crippen molar-refractivity contribution in [2.45, 2.75) is 26.2 Å². The highest BCUT2D eigenvalue weighted by Crippen LogP contribution is 2.37. The second-order valence-corrected chi connectivity index (χ2v) is 5.73. The molecular weight excluding hydrogens is 296 g/mol. The third-order valence-electron chi connectivity index (χ3n) is 1.86. The standard InChI is InChI=1S/C10H11Br2O/c1-10(2,3)6-4-7(11)9(13)8(12)5-6/h4-5H,1-3H3. The molecule has 0 aromatic heterocycles. The van der Waals surface area contributed by atoms with Crippen molar-refractivity contribution in [1.82, 2.24) is 0 Å². The molecule has 0 saturated heterocycles. The van der Waals surface area contributed by atoms with Crippen LogP contribution in [-0.2, 0) is 10.5 Å². The quantitative estimate of drug-likeness (QED) is 0.665. The van der Waals surface area contributed by atoms with Gasteiger partial charge in [-0.15, -0.1) is 0 Å². The minimum atomic E-state index is 0.00741. The van der Waals surface area contributed by atoms with E-state index in [-0.39, 0.29) is 11.2 Å². The molecule has 1 aromatic carbocycles. The van der Waals surface area contributed by atoms with Gasteiger partial charge in [0, 0.05) is 0 Å². The van der Waals surface area contributed by atoms with Crippen LogP contribution < -0.4 is 0 Å². The van der Waals surface area contributed by atoms with Gasteiger partial charge in [-0.25, -0.2) is 0 Å². The molecule has 0 aliphatic heterocycles. The summed E-state index contributed by atoms with van der Waals surface area (Å²) in [5, 5.41) is 11.4. The first-order valence-corrected chi connectivity index (χ1v) is 5.57. The summed E-state index contributed by atoms with van der Waals surface area (Å²) in [7, 11) is 0. The normalized spacial score (nSPS) is 11.8. The van der Waals surface area contributed by atoms with Gasteiger partial charge in [-0.1, -0.05) is 20.8 Å². The van der Waals surface area contributed by atoms with Crippen molar-refractivity contribution in [1.29, 1.82) is 0 Å². The summed E-state index contributed by atoms with van der Waals surface area (Å²) in [5.74, 6) is 0.00741. The second kappa shape index (κ2) is 3.62. The van der Waals surface area contributed by atoms with Gasteiger partial charge in [-0.2, -0.15) is 0 Å². The largest absolute Gasteiger partial charge is 0.287 e. The summed E-state index contributed by atoms with van der Waals surface area (Å²) >= 11 is 6.49. The van der Waals surface area contributed by atoms with Gasteiger partial charge in [0.2, 0.25) is 5.75 Å². The van der Waals surface area contributed by atoms with E-state index in [9.17, 15) is 5.11 Å². The lowest BCUT2D eigenvalue weighted by Crippen LogP contribution is -2.10. The van der Waals surface area contributed by atoms with Crippen molar-refractivity contribution in [2.24, 2.45) is 0 Å². The average Bonchev–Trinajstić information content (AvgIpc) is 1.97. The summed E-state index contributed by atoms with van der Waals surface area (Å²) in [4.78, 5) is 0. The Kier molecular flexibility index (Phi) is 3.08. The third kappa shape index (κ3) is 2.47. The molecule has 0 unspecified atom stereocenters. The van der Waals surface area contributed by atoms with Crippen LogP contribution in [0.25, 0.3) is 0 Å². The maximum Gasteiger partial charge on any atom is 0.206 e. The van der Waals surface area contributed by atoms with Crippen LogP contribution >= 0.6 is 31.9 Å². The van der Waals surface area contributed by atoms with E-state index in [2.05, 4.69) is 52.6 Å². The molecule has 0 fully saturated rings. The Morgan fingerprint density at radius 3 is 1.77 bits per heavy atom. The van der Waals surface area contributed by atoms with E-state index in [4.69, 9.17) is 0 Å². The summed E-state index contributed by atoms with van der Waals surface area (Å²) in [6.45, 7) is 6.35. The molecule has 1 aromatic rings. The fourth-order valence-corrected chi connectivity index (χ4v) is 2.18. The first-order chi connectivity index (χ1) is 5.82. The number of rotatable bonds is 0. The van der Waals surface area contributed by atoms with Gasteiger partial charge in [-0.05, 0) is 55.0 Å². The number of halogens is 2. The molecule has 0 aliphatic rings. The Balaban J connectivity index is 3.29. The van der Waals surface area contributed by atoms with Crippen molar-refractivity contribution in [2.75, 3.05) is 0 Å². The highest BCUT2D eigenvalue weighted by molar-refractivity contribution is 9.11. The lowest BCUT2D eigenvalue weighted by molar-refractivity contribution is 0.349. The minimum absolute atomic E-state index is 0.00741. The highest BCUT2D eigenvalue weighted by Gasteiger charge is 2.17. The molecule has 1 nitrogen and oxygen atoms in total. The molecule has 13 heavy (non-hydrogen) atoms. The first kappa shape index (κ1) is 11.1. The van der Waals surface area contributed by atoms with Crippen molar-refractivity contribution in [3.05, 3.63) is 26.6 Å². The van der Waals surface area contributed by atoms with Crippen LogP contribution in [0.4, 0.5) is 0 Å². The van der Waals surface area contributed by atoms with Gasteiger partial charge >= 0.3 is 0 Å². The lowest BCUT2D eigenvalue weighted by atomic mass is 9.87. The molecule has 71 valence electrons. The van der Waals surface area contributed by atoms with Gasteiger partial charge in [0.15, 0.2) is 0 Å². The molecule has 0 N–H and O–H groups in total. The van der Waals surface area contributed by atoms with Gasteiger partial charge < -0.3 is 0 Å². The Hall–Kier alpha value is -0.0200. The van der Waals surface area contributed by atoms with Gasteiger partial charge in [0.25, 0.3) is 0 Å². The van der Waals surface area contributed by atoms with Gasteiger partial charge in [-0.3, -0.25) is 5.11 Å². The zero-order chi connectivity index (χ0) is 10.2. The average molecular weight is 307 g/mol. The zero-order valence-electron chi connectivity index (χ0n) is 7.82. The zero-order valence-corrected chi connectivity index (χ0v) is 11.0. The smallest absolute Gasteiger partial charge is 0.206 e. The maximum atomic E-state index is 11.4. The Labute approximate surface area is 95.4 Å². The summed E-state index contributed by atoms with van der Waals surface area (Å²) in [5.41, 5.74) is 1.21. The minimum Gasteiger partial charge on any atom is -0.287 e. The van der Waals surface area contributed by atoms with E-state index in [1.165, 1.54) is 0 Å². The number of benzene rings is 1. The molecule has 0 amide bonds. The fourth-order valence-electron chi connectivity index (χ4n) is 0.993. The summed E-state index contributed by atoms with van der Waals surface area (Å²) in [6.07, 6.45) is 0. The Bertz CT molecular complexity index is 303. The number of hydrogen-bond acceptors (Lipinski definition) is 0. The first-order valence-electron chi connectivity index (χ1n) is 3.99. The van der Waals surface area contributed by atoms with Crippen LogP contribution in [0.3, 0.4) is 0 Å². The van der Waals surface area contributed by atoms with E-state index in [1.807, 2.05) is 12.1 Å². The molecule has 0 atom stereocenters. The van der Waals surface area contributed by atoms with E-state index >= 15 is 0 Å². The molecule has 1 rings (SSSR count). The van der Waals surface area contributed by atoms with E-state index < -0.39 is 0 Å². The van der Waals surface area contributed by atoms with Crippen LogP contribution in [0, 0.1) is 0 Å². The molecule has 1 radical (unpaired) electrons. The fraction of sp³-hybridized carbons (Fsp3) is 0.400. The highest BCUT2D eigenvalue weighted by atomic mass is 79.9. The van der Waals surface area contributed by atoms with Crippen LogP contribution in [0.1, 0.15) is 26.3 Å². The van der Waals surface area contributed by atoms with Crippen LogP contribution in [0.15, 0.2) is 21.1 Å². The predicted molar refractivity (Wildman–Crippen MR) is 60.7 cm³/mol. The summed E-state index contributed by atoms with van der Waals surface area (Å²) < 4.78 is 1.23. The molecule has 3 heteroatoms. The molecular formula is C10H11Br2O. The third-order valence-corrected chi connectivity index (χ3v) is 3.04. The topological polar surface area (TPSA) is 19.9 Å². The SMILES string of the molecule is CC(C)(C)c1cc(Br)c([O])c(Br)c1. The van der Waals surface area contributed by atoms with E-state index in [0.29, 0.717) is 8.95 Å².